The van der Waals surface area contributed by atoms with Gasteiger partial charge in [0, 0.05) is 11.8 Å². The summed E-state index contributed by atoms with van der Waals surface area (Å²) in [5, 5.41) is 0. The van der Waals surface area contributed by atoms with E-state index in [1.807, 2.05) is 26.8 Å². The van der Waals surface area contributed by atoms with E-state index in [9.17, 15) is 8.78 Å². The van der Waals surface area contributed by atoms with E-state index < -0.39 is 17.3 Å². The molecule has 0 fully saturated rings. The second-order valence-corrected chi connectivity index (χ2v) is 5.55. The van der Waals surface area contributed by atoms with Gasteiger partial charge in [-0.1, -0.05) is 20.8 Å². The third kappa shape index (κ3) is 2.53. The lowest BCUT2D eigenvalue weighted by molar-refractivity contribution is 0.587. The average molecular weight is 272 g/mol. The van der Waals surface area contributed by atoms with Crippen molar-refractivity contribution in [3.8, 4) is 11.3 Å². The largest absolute Gasteiger partial charge is 0.257 e. The molecule has 0 spiro atoms. The van der Waals surface area contributed by atoms with Crippen LogP contribution in [0, 0.1) is 18.2 Å². The first kappa shape index (κ1) is 14.1. The molecule has 1 aromatic heterocycles. The van der Waals surface area contributed by atoms with Crippen molar-refractivity contribution in [2.24, 2.45) is 0 Å². The maximum atomic E-state index is 14.2. The summed E-state index contributed by atoms with van der Waals surface area (Å²) in [7, 11) is 0. The highest BCUT2D eigenvalue weighted by molar-refractivity contribution is 5.67. The molecule has 0 amide bonds. The van der Waals surface area contributed by atoms with Gasteiger partial charge < -0.3 is 0 Å². The molecule has 0 aliphatic heterocycles. The van der Waals surface area contributed by atoms with Gasteiger partial charge in [0.2, 0.25) is 0 Å². The van der Waals surface area contributed by atoms with Crippen LogP contribution in [-0.4, -0.2) is 4.98 Å². The Balaban J connectivity index is 2.62. The second kappa shape index (κ2) is 5.01. The first-order valence-electron chi connectivity index (χ1n) is 6.17. The van der Waals surface area contributed by atoms with Crippen LogP contribution in [0.1, 0.15) is 26.3 Å². The Labute approximate surface area is 116 Å². The first-order chi connectivity index (χ1) is 9.34. The molecule has 2 nitrogen and oxygen atoms in total. The smallest absolute Gasteiger partial charge is 0.256 e. The van der Waals surface area contributed by atoms with Crippen molar-refractivity contribution in [2.75, 3.05) is 0 Å². The van der Waals surface area contributed by atoms with Crippen LogP contribution in [0.5, 0.6) is 0 Å². The SMILES string of the molecule is [C-]#[N+]c1c(F)ccc(-c2cc(C(C)(C)C)ccn2)c1F. The molecule has 2 aromatic rings. The van der Waals surface area contributed by atoms with Crippen LogP contribution in [0.4, 0.5) is 14.5 Å². The van der Waals surface area contributed by atoms with Crippen LogP contribution in [-0.2, 0) is 5.41 Å². The van der Waals surface area contributed by atoms with Crippen LogP contribution >= 0.6 is 0 Å². The summed E-state index contributed by atoms with van der Waals surface area (Å²) in [6, 6.07) is 6.04. The van der Waals surface area contributed by atoms with Crippen molar-refractivity contribution in [1.29, 1.82) is 0 Å². The molecular weight excluding hydrogens is 258 g/mol. The maximum absolute atomic E-state index is 14.2. The highest BCUT2D eigenvalue weighted by Crippen LogP contribution is 2.32. The van der Waals surface area contributed by atoms with Gasteiger partial charge in [0.1, 0.15) is 11.6 Å². The summed E-state index contributed by atoms with van der Waals surface area (Å²) in [5.41, 5.74) is 0.848. The molecule has 0 unspecified atom stereocenters. The Morgan fingerprint density at radius 1 is 1.15 bits per heavy atom. The molecule has 0 aliphatic carbocycles. The van der Waals surface area contributed by atoms with Gasteiger partial charge in [-0.05, 0) is 35.2 Å². The van der Waals surface area contributed by atoms with E-state index in [1.54, 1.807) is 12.3 Å². The topological polar surface area (TPSA) is 17.2 Å². The van der Waals surface area contributed by atoms with Crippen LogP contribution in [0.15, 0.2) is 30.5 Å². The average Bonchev–Trinajstić information content (AvgIpc) is 2.38. The zero-order valence-corrected chi connectivity index (χ0v) is 11.5. The quantitative estimate of drug-likeness (QED) is 0.676. The summed E-state index contributed by atoms with van der Waals surface area (Å²) >= 11 is 0. The fraction of sp³-hybridized carbons (Fsp3) is 0.250. The standard InChI is InChI=1S/C16H14F2N2/c1-16(2,3)10-7-8-20-13(9-10)11-5-6-12(17)15(19-4)14(11)18/h5-9H,1-3H3. The Kier molecular flexibility index (Phi) is 3.54. The number of benzene rings is 1. The normalized spacial score (nSPS) is 11.2. The number of hydrogen-bond acceptors (Lipinski definition) is 1. The fourth-order valence-corrected chi connectivity index (χ4v) is 1.89. The van der Waals surface area contributed by atoms with Crippen LogP contribution in [0.3, 0.4) is 0 Å². The fourth-order valence-electron chi connectivity index (χ4n) is 1.89. The Morgan fingerprint density at radius 2 is 1.85 bits per heavy atom. The van der Waals surface area contributed by atoms with E-state index in [-0.39, 0.29) is 11.0 Å². The van der Waals surface area contributed by atoms with Gasteiger partial charge in [0.05, 0.1) is 12.3 Å². The lowest BCUT2D eigenvalue weighted by Gasteiger charge is -2.19. The molecule has 102 valence electrons. The van der Waals surface area contributed by atoms with E-state index in [0.29, 0.717) is 5.69 Å². The minimum absolute atomic E-state index is 0.100. The highest BCUT2D eigenvalue weighted by Gasteiger charge is 2.18. The van der Waals surface area contributed by atoms with Crippen molar-refractivity contribution >= 4 is 5.69 Å². The Hall–Kier alpha value is -2.28. The number of aromatic nitrogens is 1. The Morgan fingerprint density at radius 3 is 2.45 bits per heavy atom. The van der Waals surface area contributed by atoms with Gasteiger partial charge in [-0.25, -0.2) is 13.6 Å². The first-order valence-corrected chi connectivity index (χ1v) is 6.17. The van der Waals surface area contributed by atoms with Gasteiger partial charge >= 0.3 is 0 Å². The van der Waals surface area contributed by atoms with E-state index >= 15 is 0 Å². The predicted molar refractivity (Wildman–Crippen MR) is 74.6 cm³/mol. The van der Waals surface area contributed by atoms with Crippen molar-refractivity contribution in [3.63, 3.8) is 0 Å². The summed E-state index contributed by atoms with van der Waals surface area (Å²) in [6.45, 7) is 13.0. The van der Waals surface area contributed by atoms with Gasteiger partial charge in [0.25, 0.3) is 5.69 Å². The summed E-state index contributed by atoms with van der Waals surface area (Å²) in [5.74, 6) is -1.72. The van der Waals surface area contributed by atoms with Gasteiger partial charge in [0.15, 0.2) is 0 Å². The lowest BCUT2D eigenvalue weighted by Crippen LogP contribution is -2.11. The number of hydrogen-bond donors (Lipinski definition) is 0. The van der Waals surface area contributed by atoms with Crippen LogP contribution in [0.25, 0.3) is 16.1 Å². The Bertz CT molecular complexity index is 695. The summed E-state index contributed by atoms with van der Waals surface area (Å²) < 4.78 is 27.5. The molecule has 0 radical (unpaired) electrons. The zero-order valence-electron chi connectivity index (χ0n) is 11.5. The molecule has 0 aliphatic rings. The molecule has 0 saturated heterocycles. The number of nitrogens with zero attached hydrogens (tertiary/aromatic N) is 2. The molecule has 4 heteroatoms. The summed E-state index contributed by atoms with van der Waals surface area (Å²) in [6.07, 6.45) is 1.59. The second-order valence-electron chi connectivity index (χ2n) is 5.55. The molecule has 2 rings (SSSR count). The van der Waals surface area contributed by atoms with E-state index in [4.69, 9.17) is 6.57 Å². The third-order valence-electron chi connectivity index (χ3n) is 3.08. The zero-order chi connectivity index (χ0) is 14.9. The lowest BCUT2D eigenvalue weighted by atomic mass is 9.87. The molecule has 1 heterocycles. The van der Waals surface area contributed by atoms with Crippen molar-refractivity contribution < 1.29 is 8.78 Å². The van der Waals surface area contributed by atoms with Crippen LogP contribution in [0.2, 0.25) is 0 Å². The van der Waals surface area contributed by atoms with E-state index in [0.717, 1.165) is 11.6 Å². The van der Waals surface area contributed by atoms with Crippen molar-refractivity contribution in [2.45, 2.75) is 26.2 Å². The third-order valence-corrected chi connectivity index (χ3v) is 3.08. The molecule has 0 atom stereocenters. The molecule has 20 heavy (non-hydrogen) atoms. The predicted octanol–water partition coefficient (Wildman–Crippen LogP) is 4.88. The molecule has 0 saturated carbocycles. The van der Waals surface area contributed by atoms with Gasteiger partial charge in [-0.2, -0.15) is 0 Å². The van der Waals surface area contributed by atoms with E-state index in [2.05, 4.69) is 9.83 Å². The number of pyridine rings is 1. The van der Waals surface area contributed by atoms with Crippen molar-refractivity contribution in [1.82, 2.24) is 4.98 Å². The minimum Gasteiger partial charge on any atom is -0.256 e. The molecule has 0 bridgehead atoms. The van der Waals surface area contributed by atoms with Gasteiger partial charge in [-0.15, -0.1) is 0 Å². The molecular formula is C16H14F2N2. The molecule has 0 N–H and O–H groups in total. The number of halogens is 2. The van der Waals surface area contributed by atoms with Crippen molar-refractivity contribution in [3.05, 3.63) is 59.1 Å². The van der Waals surface area contributed by atoms with E-state index in [1.165, 1.54) is 6.07 Å². The monoisotopic (exact) mass is 272 g/mol. The molecule has 1 aromatic carbocycles. The summed E-state index contributed by atoms with van der Waals surface area (Å²) in [4.78, 5) is 7.02. The maximum Gasteiger partial charge on any atom is 0.257 e. The van der Waals surface area contributed by atoms with Crippen LogP contribution < -0.4 is 0 Å². The minimum atomic E-state index is -0.862. The number of rotatable bonds is 1. The highest BCUT2D eigenvalue weighted by atomic mass is 19.1. The van der Waals surface area contributed by atoms with Gasteiger partial charge in [-0.3, -0.25) is 4.98 Å².